The Morgan fingerprint density at radius 1 is 1.25 bits per heavy atom. The number of carbonyl (C=O) groups is 1. The van der Waals surface area contributed by atoms with Crippen LogP contribution < -0.4 is 10.3 Å². The van der Waals surface area contributed by atoms with E-state index in [2.05, 4.69) is 4.98 Å². The summed E-state index contributed by atoms with van der Waals surface area (Å²) in [4.78, 5) is 29.1. The summed E-state index contributed by atoms with van der Waals surface area (Å²) in [6.07, 6.45) is -1.78. The average molecular weight is 395 g/mol. The second-order valence-electron chi connectivity index (χ2n) is 5.96. The smallest absolute Gasteiger partial charge is 0.341 e. The van der Waals surface area contributed by atoms with Gasteiger partial charge in [-0.3, -0.25) is 9.36 Å². The monoisotopic (exact) mass is 395 g/mol. The van der Waals surface area contributed by atoms with Gasteiger partial charge in [-0.05, 0) is 24.3 Å². The van der Waals surface area contributed by atoms with Crippen molar-refractivity contribution < 1.29 is 27.5 Å². The Labute approximate surface area is 155 Å². The summed E-state index contributed by atoms with van der Waals surface area (Å²) in [7, 11) is 1.35. The van der Waals surface area contributed by atoms with Crippen LogP contribution in [0.4, 0.5) is 23.4 Å². The summed E-state index contributed by atoms with van der Waals surface area (Å²) in [6, 6.07) is 5.11. The van der Waals surface area contributed by atoms with Gasteiger partial charge < -0.3 is 10.0 Å². The molecule has 0 aliphatic rings. The second kappa shape index (κ2) is 7.29. The van der Waals surface area contributed by atoms with Crippen LogP contribution in [0.5, 0.6) is 0 Å². The summed E-state index contributed by atoms with van der Waals surface area (Å²) in [6.45, 7) is -0.638. The van der Waals surface area contributed by atoms with E-state index in [9.17, 15) is 32.3 Å². The number of pyridine rings is 2. The zero-order valence-electron chi connectivity index (χ0n) is 14.4. The van der Waals surface area contributed by atoms with E-state index in [1.165, 1.54) is 19.2 Å². The molecule has 0 atom stereocenters. The minimum absolute atomic E-state index is 0.0616. The number of carboxylic acids is 1. The van der Waals surface area contributed by atoms with Crippen LogP contribution in [0.3, 0.4) is 0 Å². The van der Waals surface area contributed by atoms with E-state index in [4.69, 9.17) is 0 Å². The number of rotatable bonds is 5. The topological polar surface area (TPSA) is 75.4 Å². The van der Waals surface area contributed by atoms with Crippen LogP contribution in [0.1, 0.15) is 10.4 Å². The average Bonchev–Trinajstić information content (AvgIpc) is 2.61. The summed E-state index contributed by atoms with van der Waals surface area (Å²) >= 11 is 0. The standard InChI is InChI=1S/C18H13F4N3O3/c1-24(8-14(21)22)15-5-3-10-16(26)11(18(27)28)7-25(17(10)23-15)13-4-2-9(19)6-12(13)20/h2-7,14H,8H2,1H3,(H,27,28). The minimum atomic E-state index is -2.64. The summed E-state index contributed by atoms with van der Waals surface area (Å²) in [5.74, 6) is -3.35. The zero-order chi connectivity index (χ0) is 20.6. The highest BCUT2D eigenvalue weighted by Gasteiger charge is 2.19. The van der Waals surface area contributed by atoms with Gasteiger partial charge in [0.1, 0.15) is 23.0 Å². The Morgan fingerprint density at radius 2 is 1.96 bits per heavy atom. The number of anilines is 1. The number of aromatic carboxylic acids is 1. The van der Waals surface area contributed by atoms with Crippen molar-refractivity contribution in [1.82, 2.24) is 9.55 Å². The molecule has 0 spiro atoms. The second-order valence-corrected chi connectivity index (χ2v) is 5.96. The lowest BCUT2D eigenvalue weighted by Gasteiger charge is -2.19. The molecule has 0 fully saturated rings. The fourth-order valence-corrected chi connectivity index (χ4v) is 2.72. The highest BCUT2D eigenvalue weighted by molar-refractivity contribution is 5.92. The van der Waals surface area contributed by atoms with Gasteiger partial charge in [0.25, 0.3) is 6.43 Å². The molecule has 3 rings (SSSR count). The van der Waals surface area contributed by atoms with Gasteiger partial charge in [-0.1, -0.05) is 0 Å². The molecule has 6 nitrogen and oxygen atoms in total. The van der Waals surface area contributed by atoms with Crippen LogP contribution in [-0.4, -0.2) is 40.6 Å². The number of hydrogen-bond acceptors (Lipinski definition) is 4. The summed E-state index contributed by atoms with van der Waals surface area (Å²) in [5.41, 5.74) is -1.92. The fraction of sp³-hybridized carbons (Fsp3) is 0.167. The molecule has 1 N–H and O–H groups in total. The Bertz CT molecular complexity index is 1130. The lowest BCUT2D eigenvalue weighted by Crippen LogP contribution is -2.26. The van der Waals surface area contributed by atoms with E-state index in [1.54, 1.807) is 0 Å². The minimum Gasteiger partial charge on any atom is -0.477 e. The van der Waals surface area contributed by atoms with Gasteiger partial charge in [0, 0.05) is 19.3 Å². The third kappa shape index (κ3) is 3.53. The lowest BCUT2D eigenvalue weighted by atomic mass is 10.1. The molecule has 0 aliphatic carbocycles. The molecule has 0 radical (unpaired) electrons. The molecule has 146 valence electrons. The Balaban J connectivity index is 2.34. The first kappa shape index (κ1) is 19.3. The SMILES string of the molecule is CN(CC(F)F)c1ccc2c(=O)c(C(=O)O)cn(-c3ccc(F)cc3F)c2n1. The molecule has 2 aromatic heterocycles. The molecular weight excluding hydrogens is 382 g/mol. The first-order chi connectivity index (χ1) is 13.2. The number of alkyl halides is 2. The van der Waals surface area contributed by atoms with Crippen molar-refractivity contribution in [2.75, 3.05) is 18.5 Å². The van der Waals surface area contributed by atoms with E-state index >= 15 is 0 Å². The largest absolute Gasteiger partial charge is 0.477 e. The molecule has 0 unspecified atom stereocenters. The number of halogens is 4. The molecule has 0 bridgehead atoms. The third-order valence-electron chi connectivity index (χ3n) is 4.04. The van der Waals surface area contributed by atoms with Crippen LogP contribution in [0, 0.1) is 11.6 Å². The number of hydrogen-bond donors (Lipinski definition) is 1. The van der Waals surface area contributed by atoms with Crippen LogP contribution in [0.25, 0.3) is 16.7 Å². The number of carboxylic acid groups (broad SMARTS) is 1. The maximum atomic E-state index is 14.3. The van der Waals surface area contributed by atoms with Crippen molar-refractivity contribution in [3.05, 3.63) is 63.9 Å². The summed E-state index contributed by atoms with van der Waals surface area (Å²) < 4.78 is 53.8. The first-order valence-electron chi connectivity index (χ1n) is 7.93. The van der Waals surface area contributed by atoms with E-state index in [0.717, 1.165) is 27.8 Å². The van der Waals surface area contributed by atoms with Gasteiger partial charge in [-0.25, -0.2) is 27.3 Å². The molecule has 28 heavy (non-hydrogen) atoms. The van der Waals surface area contributed by atoms with Crippen molar-refractivity contribution in [1.29, 1.82) is 0 Å². The van der Waals surface area contributed by atoms with Crippen LogP contribution in [0.2, 0.25) is 0 Å². The predicted molar refractivity (Wildman–Crippen MR) is 93.5 cm³/mol. The van der Waals surface area contributed by atoms with E-state index in [0.29, 0.717) is 6.07 Å². The third-order valence-corrected chi connectivity index (χ3v) is 4.04. The zero-order valence-corrected chi connectivity index (χ0v) is 14.4. The Hall–Kier alpha value is -3.43. The van der Waals surface area contributed by atoms with E-state index in [1.807, 2.05) is 0 Å². The fourth-order valence-electron chi connectivity index (χ4n) is 2.72. The van der Waals surface area contributed by atoms with Crippen LogP contribution in [0.15, 0.2) is 41.3 Å². The van der Waals surface area contributed by atoms with Crippen molar-refractivity contribution >= 4 is 22.8 Å². The molecule has 0 aliphatic heterocycles. The van der Waals surface area contributed by atoms with Gasteiger partial charge >= 0.3 is 5.97 Å². The van der Waals surface area contributed by atoms with Crippen molar-refractivity contribution in [3.63, 3.8) is 0 Å². The van der Waals surface area contributed by atoms with Gasteiger partial charge in [0.2, 0.25) is 5.43 Å². The molecule has 0 saturated heterocycles. The van der Waals surface area contributed by atoms with Crippen molar-refractivity contribution in [2.45, 2.75) is 6.43 Å². The van der Waals surface area contributed by atoms with E-state index in [-0.39, 0.29) is 22.5 Å². The first-order valence-corrected chi connectivity index (χ1v) is 7.93. The Kier molecular flexibility index (Phi) is 5.04. The Morgan fingerprint density at radius 3 is 2.57 bits per heavy atom. The highest BCUT2D eigenvalue weighted by Crippen LogP contribution is 2.22. The molecule has 0 amide bonds. The molecule has 3 aromatic rings. The molecule has 10 heteroatoms. The highest BCUT2D eigenvalue weighted by atomic mass is 19.3. The van der Waals surface area contributed by atoms with Gasteiger partial charge in [-0.15, -0.1) is 0 Å². The van der Waals surface area contributed by atoms with Crippen molar-refractivity contribution in [3.8, 4) is 5.69 Å². The summed E-state index contributed by atoms with van der Waals surface area (Å²) in [5, 5.41) is 9.12. The molecular formula is C18H13F4N3O3. The predicted octanol–water partition coefficient (Wildman–Crippen LogP) is 3.06. The molecule has 2 heterocycles. The van der Waals surface area contributed by atoms with E-state index < -0.39 is 41.6 Å². The molecule has 0 saturated carbocycles. The van der Waals surface area contributed by atoms with Crippen molar-refractivity contribution in [2.24, 2.45) is 0 Å². The number of nitrogens with zero attached hydrogens (tertiary/aromatic N) is 3. The number of fused-ring (bicyclic) bond motifs is 1. The maximum absolute atomic E-state index is 14.3. The normalized spacial score (nSPS) is 11.2. The number of benzene rings is 1. The lowest BCUT2D eigenvalue weighted by molar-refractivity contribution is 0.0695. The van der Waals surface area contributed by atoms with Crippen LogP contribution >= 0.6 is 0 Å². The van der Waals surface area contributed by atoms with Crippen LogP contribution in [-0.2, 0) is 0 Å². The molecule has 1 aromatic carbocycles. The van der Waals surface area contributed by atoms with Gasteiger partial charge in [0.05, 0.1) is 17.6 Å². The maximum Gasteiger partial charge on any atom is 0.341 e. The van der Waals surface area contributed by atoms with Gasteiger partial charge in [0.15, 0.2) is 5.65 Å². The van der Waals surface area contributed by atoms with Gasteiger partial charge in [-0.2, -0.15) is 0 Å². The quantitative estimate of drug-likeness (QED) is 0.672. The number of aromatic nitrogens is 2.